The van der Waals surface area contributed by atoms with Gasteiger partial charge in [0.2, 0.25) is 0 Å². The highest BCUT2D eigenvalue weighted by Gasteiger charge is 2.12. The molecule has 0 bridgehead atoms. The maximum absolute atomic E-state index is 12.5. The molecule has 3 aromatic rings. The molecule has 0 unspecified atom stereocenters. The van der Waals surface area contributed by atoms with Gasteiger partial charge < -0.3 is 4.74 Å². The quantitative estimate of drug-likeness (QED) is 0.395. The van der Waals surface area contributed by atoms with Crippen LogP contribution in [-0.2, 0) is 11.2 Å². The minimum absolute atomic E-state index is 0.0208. The Balaban J connectivity index is 1.63. The Morgan fingerprint density at radius 1 is 1.20 bits per heavy atom. The van der Waals surface area contributed by atoms with Gasteiger partial charge in [0.1, 0.15) is 17.4 Å². The number of aryl methyl sites for hydroxylation is 1. The molecule has 0 aliphatic carbocycles. The third-order valence-corrected chi connectivity index (χ3v) is 5.21. The normalized spacial score (nSPS) is 11.0. The lowest BCUT2D eigenvalue weighted by atomic mass is 10.1. The van der Waals surface area contributed by atoms with Crippen LogP contribution in [0.2, 0.25) is 0 Å². The van der Waals surface area contributed by atoms with Crippen molar-refractivity contribution in [1.82, 2.24) is 4.98 Å². The van der Waals surface area contributed by atoms with E-state index < -0.39 is 5.91 Å². The van der Waals surface area contributed by atoms with Crippen molar-refractivity contribution < 1.29 is 9.53 Å². The Hall–Kier alpha value is -3.43. The van der Waals surface area contributed by atoms with Gasteiger partial charge >= 0.3 is 0 Å². The molecule has 1 aromatic heterocycles. The topological polar surface area (TPSA) is 75.0 Å². The lowest BCUT2D eigenvalue weighted by Gasteiger charge is -2.04. The van der Waals surface area contributed by atoms with Gasteiger partial charge in [0, 0.05) is 17.5 Å². The first-order valence-electron chi connectivity index (χ1n) is 9.73. The Bertz CT molecular complexity index is 1060. The van der Waals surface area contributed by atoms with Gasteiger partial charge in [-0.3, -0.25) is 10.1 Å². The third-order valence-electron chi connectivity index (χ3n) is 4.30. The standard InChI is InChI=1S/C24H23N3O2S/c1-3-12-29-21-10-8-18(9-11-21)13-20(15-25)23(28)27-24-26-16-22(30-24)14-19-6-4-17(2)5-7-19/h4-11,13,16H,3,12,14H2,1-2H3,(H,26,27,28)/b20-13+. The number of nitrogens with zero attached hydrogens (tertiary/aromatic N) is 2. The number of carbonyl (C=O) groups is 1. The van der Waals surface area contributed by atoms with Crippen molar-refractivity contribution in [2.75, 3.05) is 11.9 Å². The van der Waals surface area contributed by atoms with E-state index in [-0.39, 0.29) is 5.57 Å². The van der Waals surface area contributed by atoms with Crippen LogP contribution in [-0.4, -0.2) is 17.5 Å². The number of carbonyl (C=O) groups excluding carboxylic acids is 1. The number of hydrogen-bond donors (Lipinski definition) is 1. The molecule has 1 N–H and O–H groups in total. The molecule has 3 rings (SSSR count). The summed E-state index contributed by atoms with van der Waals surface area (Å²) in [6.45, 7) is 4.75. The first-order chi connectivity index (χ1) is 14.6. The zero-order chi connectivity index (χ0) is 21.3. The minimum atomic E-state index is -0.472. The molecule has 6 heteroatoms. The first kappa shape index (κ1) is 21.3. The predicted octanol–water partition coefficient (Wildman–Crippen LogP) is 5.38. The highest BCUT2D eigenvalue weighted by atomic mass is 32.1. The van der Waals surface area contributed by atoms with Gasteiger partial charge in [0.05, 0.1) is 6.61 Å². The van der Waals surface area contributed by atoms with E-state index in [1.54, 1.807) is 12.3 Å². The zero-order valence-corrected chi connectivity index (χ0v) is 17.8. The van der Waals surface area contributed by atoms with Crippen LogP contribution in [0, 0.1) is 18.3 Å². The zero-order valence-electron chi connectivity index (χ0n) is 17.0. The number of anilines is 1. The number of hydrogen-bond acceptors (Lipinski definition) is 5. The monoisotopic (exact) mass is 417 g/mol. The van der Waals surface area contributed by atoms with Gasteiger partial charge in [-0.1, -0.05) is 48.9 Å². The van der Waals surface area contributed by atoms with Gasteiger partial charge in [-0.15, -0.1) is 11.3 Å². The fourth-order valence-corrected chi connectivity index (χ4v) is 3.56. The van der Waals surface area contributed by atoms with E-state index in [0.29, 0.717) is 11.7 Å². The molecule has 0 atom stereocenters. The highest BCUT2D eigenvalue weighted by Crippen LogP contribution is 2.22. The van der Waals surface area contributed by atoms with E-state index in [1.807, 2.05) is 37.3 Å². The van der Waals surface area contributed by atoms with E-state index in [2.05, 4.69) is 41.5 Å². The number of thiazole rings is 1. The van der Waals surface area contributed by atoms with Crippen molar-refractivity contribution >= 4 is 28.5 Å². The molecule has 1 amide bonds. The van der Waals surface area contributed by atoms with Crippen LogP contribution in [0.3, 0.4) is 0 Å². The molecule has 0 aliphatic rings. The van der Waals surface area contributed by atoms with Crippen molar-refractivity contribution in [3.8, 4) is 11.8 Å². The van der Waals surface area contributed by atoms with Crippen LogP contribution in [0.5, 0.6) is 5.75 Å². The molecule has 30 heavy (non-hydrogen) atoms. The molecule has 2 aromatic carbocycles. The Morgan fingerprint density at radius 2 is 1.93 bits per heavy atom. The average molecular weight is 418 g/mol. The second-order valence-electron chi connectivity index (χ2n) is 6.84. The summed E-state index contributed by atoms with van der Waals surface area (Å²) >= 11 is 1.41. The van der Waals surface area contributed by atoms with E-state index in [0.717, 1.165) is 29.0 Å². The lowest BCUT2D eigenvalue weighted by molar-refractivity contribution is -0.112. The lowest BCUT2D eigenvalue weighted by Crippen LogP contribution is -2.13. The molecule has 0 spiro atoms. The number of rotatable bonds is 8. The maximum atomic E-state index is 12.5. The van der Waals surface area contributed by atoms with Crippen LogP contribution < -0.4 is 10.1 Å². The minimum Gasteiger partial charge on any atom is -0.494 e. The summed E-state index contributed by atoms with van der Waals surface area (Å²) in [5.74, 6) is 0.292. The van der Waals surface area contributed by atoms with E-state index in [9.17, 15) is 10.1 Å². The van der Waals surface area contributed by atoms with Gasteiger partial charge in [0.15, 0.2) is 5.13 Å². The summed E-state index contributed by atoms with van der Waals surface area (Å²) < 4.78 is 5.55. The molecule has 0 aliphatic heterocycles. The maximum Gasteiger partial charge on any atom is 0.268 e. The molecule has 0 saturated carbocycles. The molecule has 1 heterocycles. The summed E-state index contributed by atoms with van der Waals surface area (Å²) in [6, 6.07) is 17.6. The van der Waals surface area contributed by atoms with Crippen LogP contribution in [0.4, 0.5) is 5.13 Å². The molecule has 152 valence electrons. The average Bonchev–Trinajstić information content (AvgIpc) is 3.19. The third kappa shape index (κ3) is 6.03. The highest BCUT2D eigenvalue weighted by molar-refractivity contribution is 7.15. The van der Waals surface area contributed by atoms with Crippen molar-refractivity contribution in [3.63, 3.8) is 0 Å². The van der Waals surface area contributed by atoms with Crippen LogP contribution in [0.1, 0.15) is 34.9 Å². The molecule has 0 saturated heterocycles. The van der Waals surface area contributed by atoms with Gasteiger partial charge in [0.25, 0.3) is 5.91 Å². The van der Waals surface area contributed by atoms with Crippen LogP contribution in [0.15, 0.2) is 60.3 Å². The number of benzene rings is 2. The van der Waals surface area contributed by atoms with Gasteiger partial charge in [-0.05, 0) is 42.7 Å². The predicted molar refractivity (Wildman–Crippen MR) is 121 cm³/mol. The second-order valence-corrected chi connectivity index (χ2v) is 7.95. The van der Waals surface area contributed by atoms with Crippen molar-refractivity contribution in [3.05, 3.63) is 81.9 Å². The number of aromatic nitrogens is 1. The molecular formula is C24H23N3O2S. The summed E-state index contributed by atoms with van der Waals surface area (Å²) in [5.41, 5.74) is 3.18. The Labute approximate surface area is 180 Å². The summed E-state index contributed by atoms with van der Waals surface area (Å²) in [5, 5.41) is 12.6. The number of amides is 1. The van der Waals surface area contributed by atoms with E-state index in [1.165, 1.54) is 22.5 Å². The van der Waals surface area contributed by atoms with Crippen molar-refractivity contribution in [2.24, 2.45) is 0 Å². The fraction of sp³-hybridized carbons (Fsp3) is 0.208. The molecule has 0 radical (unpaired) electrons. The number of ether oxygens (including phenoxy) is 1. The van der Waals surface area contributed by atoms with E-state index >= 15 is 0 Å². The molecule has 5 nitrogen and oxygen atoms in total. The second kappa shape index (κ2) is 10.4. The number of nitriles is 1. The SMILES string of the molecule is CCCOc1ccc(/C=C(\C#N)C(=O)Nc2ncc(Cc3ccc(C)cc3)s2)cc1. The van der Waals surface area contributed by atoms with Crippen molar-refractivity contribution in [1.29, 1.82) is 5.26 Å². The smallest absolute Gasteiger partial charge is 0.268 e. The van der Waals surface area contributed by atoms with Crippen LogP contribution >= 0.6 is 11.3 Å². The number of nitrogens with one attached hydrogen (secondary N) is 1. The fourth-order valence-electron chi connectivity index (χ4n) is 2.71. The first-order valence-corrected chi connectivity index (χ1v) is 10.6. The van der Waals surface area contributed by atoms with Crippen molar-refractivity contribution in [2.45, 2.75) is 26.7 Å². The van der Waals surface area contributed by atoms with Crippen LogP contribution in [0.25, 0.3) is 6.08 Å². The Morgan fingerprint density at radius 3 is 2.60 bits per heavy atom. The largest absolute Gasteiger partial charge is 0.494 e. The van der Waals surface area contributed by atoms with E-state index in [4.69, 9.17) is 4.74 Å². The molecular weight excluding hydrogens is 394 g/mol. The molecule has 0 fully saturated rings. The van der Waals surface area contributed by atoms with Gasteiger partial charge in [-0.2, -0.15) is 5.26 Å². The Kier molecular flexibility index (Phi) is 7.36. The summed E-state index contributed by atoms with van der Waals surface area (Å²) in [6.07, 6.45) is 5.00. The summed E-state index contributed by atoms with van der Waals surface area (Å²) in [4.78, 5) is 17.8. The van der Waals surface area contributed by atoms with Gasteiger partial charge in [-0.25, -0.2) is 4.98 Å². The summed E-state index contributed by atoms with van der Waals surface area (Å²) in [7, 11) is 0.